The highest BCUT2D eigenvalue weighted by Crippen LogP contribution is 2.17. The summed E-state index contributed by atoms with van der Waals surface area (Å²) in [5.41, 5.74) is 1.08. The van der Waals surface area contributed by atoms with Crippen molar-refractivity contribution < 1.29 is 4.39 Å². The number of benzene rings is 1. The van der Waals surface area contributed by atoms with Crippen molar-refractivity contribution in [1.82, 2.24) is 5.32 Å². The zero-order valence-corrected chi connectivity index (χ0v) is 9.01. The molecule has 1 saturated carbocycles. The summed E-state index contributed by atoms with van der Waals surface area (Å²) < 4.78 is 12.9. The molecule has 0 amide bonds. The summed E-state index contributed by atoms with van der Waals surface area (Å²) in [6, 6.07) is 7.59. The van der Waals surface area contributed by atoms with Crippen molar-refractivity contribution in [2.75, 3.05) is 6.54 Å². The second-order valence-electron chi connectivity index (χ2n) is 4.32. The predicted molar refractivity (Wildman–Crippen MR) is 60.4 cm³/mol. The van der Waals surface area contributed by atoms with E-state index in [1.165, 1.54) is 31.7 Å². The van der Waals surface area contributed by atoms with E-state index in [0.29, 0.717) is 6.04 Å². The van der Waals surface area contributed by atoms with E-state index in [4.69, 9.17) is 0 Å². The summed E-state index contributed by atoms with van der Waals surface area (Å²) in [4.78, 5) is 0. The quantitative estimate of drug-likeness (QED) is 0.800. The van der Waals surface area contributed by atoms with Crippen molar-refractivity contribution in [2.24, 2.45) is 0 Å². The van der Waals surface area contributed by atoms with E-state index < -0.39 is 0 Å². The topological polar surface area (TPSA) is 12.0 Å². The van der Waals surface area contributed by atoms with Gasteiger partial charge in [0.2, 0.25) is 0 Å². The lowest BCUT2D eigenvalue weighted by molar-refractivity contribution is 0.527. The first kappa shape index (κ1) is 10.6. The van der Waals surface area contributed by atoms with Crippen molar-refractivity contribution in [3.8, 4) is 0 Å². The zero-order chi connectivity index (χ0) is 10.5. The van der Waals surface area contributed by atoms with Crippen molar-refractivity contribution in [3.63, 3.8) is 0 Å². The van der Waals surface area contributed by atoms with Gasteiger partial charge in [-0.2, -0.15) is 0 Å². The maximum atomic E-state index is 12.9. The minimum Gasteiger partial charge on any atom is -0.314 e. The molecular weight excluding hydrogens is 189 g/mol. The number of nitrogens with one attached hydrogen (secondary N) is 1. The Morgan fingerprint density at radius 2 is 2.07 bits per heavy atom. The summed E-state index contributed by atoms with van der Waals surface area (Å²) in [6.45, 7) is 0.966. The van der Waals surface area contributed by atoms with Crippen LogP contribution in [0.3, 0.4) is 0 Å². The summed E-state index contributed by atoms with van der Waals surface area (Å²) in [5, 5.41) is 3.53. The van der Waals surface area contributed by atoms with Crippen LogP contribution < -0.4 is 5.32 Å². The molecule has 82 valence electrons. The number of hydrogen-bond donors (Lipinski definition) is 1. The van der Waals surface area contributed by atoms with E-state index in [1.54, 1.807) is 12.1 Å². The Kier molecular flexibility index (Phi) is 3.73. The SMILES string of the molecule is Fc1cccc(CCNC2CCCC2)c1. The lowest BCUT2D eigenvalue weighted by Crippen LogP contribution is -2.27. The third-order valence-electron chi connectivity index (χ3n) is 3.09. The van der Waals surface area contributed by atoms with Crippen LogP contribution in [0.4, 0.5) is 4.39 Å². The van der Waals surface area contributed by atoms with Crippen molar-refractivity contribution in [1.29, 1.82) is 0 Å². The highest BCUT2D eigenvalue weighted by Gasteiger charge is 2.13. The van der Waals surface area contributed by atoms with E-state index in [2.05, 4.69) is 5.32 Å². The Morgan fingerprint density at radius 3 is 2.80 bits per heavy atom. The smallest absolute Gasteiger partial charge is 0.123 e. The zero-order valence-electron chi connectivity index (χ0n) is 9.01. The Labute approximate surface area is 90.7 Å². The van der Waals surface area contributed by atoms with Crippen LogP contribution in [0.5, 0.6) is 0 Å². The van der Waals surface area contributed by atoms with Gasteiger partial charge in [-0.3, -0.25) is 0 Å². The molecule has 0 saturated heterocycles. The second-order valence-corrected chi connectivity index (χ2v) is 4.32. The average Bonchev–Trinajstić information content (AvgIpc) is 2.71. The monoisotopic (exact) mass is 207 g/mol. The van der Waals surface area contributed by atoms with Crippen molar-refractivity contribution in [2.45, 2.75) is 38.1 Å². The third-order valence-corrected chi connectivity index (χ3v) is 3.09. The lowest BCUT2D eigenvalue weighted by Gasteiger charge is -2.11. The van der Waals surface area contributed by atoms with Crippen LogP contribution in [0.25, 0.3) is 0 Å². The molecule has 1 aliphatic rings. The van der Waals surface area contributed by atoms with Gasteiger partial charge in [-0.05, 0) is 43.5 Å². The fourth-order valence-corrected chi connectivity index (χ4v) is 2.24. The van der Waals surface area contributed by atoms with E-state index in [-0.39, 0.29) is 5.82 Å². The summed E-state index contributed by atoms with van der Waals surface area (Å²) in [7, 11) is 0. The third kappa shape index (κ3) is 3.31. The van der Waals surface area contributed by atoms with E-state index in [9.17, 15) is 4.39 Å². The van der Waals surface area contributed by atoms with Crippen LogP contribution in [0.2, 0.25) is 0 Å². The first-order valence-electron chi connectivity index (χ1n) is 5.82. The molecule has 2 heteroatoms. The molecule has 0 bridgehead atoms. The Balaban J connectivity index is 1.73. The standard InChI is InChI=1S/C13H18FN/c14-12-5-3-4-11(10-12)8-9-15-13-6-1-2-7-13/h3-5,10,13,15H,1-2,6-9H2. The molecule has 2 rings (SSSR count). The molecule has 1 aromatic rings. The maximum absolute atomic E-state index is 12.9. The highest BCUT2D eigenvalue weighted by atomic mass is 19.1. The molecule has 1 aromatic carbocycles. The van der Waals surface area contributed by atoms with Gasteiger partial charge in [-0.15, -0.1) is 0 Å². The summed E-state index contributed by atoms with van der Waals surface area (Å²) in [6.07, 6.45) is 6.26. The number of hydrogen-bond acceptors (Lipinski definition) is 1. The maximum Gasteiger partial charge on any atom is 0.123 e. The fourth-order valence-electron chi connectivity index (χ4n) is 2.24. The van der Waals surface area contributed by atoms with Crippen LogP contribution in [0.1, 0.15) is 31.2 Å². The molecule has 0 unspecified atom stereocenters. The molecule has 0 radical (unpaired) electrons. The van der Waals surface area contributed by atoms with E-state index in [1.807, 2.05) is 6.07 Å². The Morgan fingerprint density at radius 1 is 1.27 bits per heavy atom. The fraction of sp³-hybridized carbons (Fsp3) is 0.538. The molecular formula is C13H18FN. The van der Waals surface area contributed by atoms with Gasteiger partial charge in [-0.1, -0.05) is 25.0 Å². The highest BCUT2D eigenvalue weighted by molar-refractivity contribution is 5.16. The molecule has 1 N–H and O–H groups in total. The molecule has 1 fully saturated rings. The number of halogens is 1. The molecule has 1 aliphatic carbocycles. The molecule has 0 aliphatic heterocycles. The predicted octanol–water partition coefficient (Wildman–Crippen LogP) is 2.90. The summed E-state index contributed by atoms with van der Waals surface area (Å²) in [5.74, 6) is -0.131. The number of rotatable bonds is 4. The Bertz CT molecular complexity index is 305. The van der Waals surface area contributed by atoms with Crippen molar-refractivity contribution in [3.05, 3.63) is 35.6 Å². The largest absolute Gasteiger partial charge is 0.314 e. The van der Waals surface area contributed by atoms with Crippen LogP contribution >= 0.6 is 0 Å². The summed E-state index contributed by atoms with van der Waals surface area (Å²) >= 11 is 0. The van der Waals surface area contributed by atoms with Gasteiger partial charge in [0, 0.05) is 6.04 Å². The average molecular weight is 207 g/mol. The van der Waals surface area contributed by atoms with E-state index >= 15 is 0 Å². The molecule has 0 atom stereocenters. The van der Waals surface area contributed by atoms with Gasteiger partial charge < -0.3 is 5.32 Å². The molecule has 0 heterocycles. The van der Waals surface area contributed by atoms with Crippen molar-refractivity contribution >= 4 is 0 Å². The van der Waals surface area contributed by atoms with Crippen LogP contribution in [0, 0.1) is 5.82 Å². The van der Waals surface area contributed by atoms with E-state index in [0.717, 1.165) is 18.5 Å². The normalized spacial score (nSPS) is 17.1. The van der Waals surface area contributed by atoms with Gasteiger partial charge >= 0.3 is 0 Å². The first-order valence-corrected chi connectivity index (χ1v) is 5.82. The van der Waals surface area contributed by atoms with Crippen LogP contribution in [-0.4, -0.2) is 12.6 Å². The molecule has 0 aromatic heterocycles. The lowest BCUT2D eigenvalue weighted by atomic mass is 10.1. The minimum absolute atomic E-state index is 0.131. The molecule has 0 spiro atoms. The minimum atomic E-state index is -0.131. The Hall–Kier alpha value is -0.890. The molecule has 15 heavy (non-hydrogen) atoms. The van der Waals surface area contributed by atoms with Gasteiger partial charge in [0.1, 0.15) is 5.82 Å². The first-order chi connectivity index (χ1) is 7.34. The van der Waals surface area contributed by atoms with Gasteiger partial charge in [0.05, 0.1) is 0 Å². The van der Waals surface area contributed by atoms with Gasteiger partial charge in [0.15, 0.2) is 0 Å². The van der Waals surface area contributed by atoms with Gasteiger partial charge in [0.25, 0.3) is 0 Å². The van der Waals surface area contributed by atoms with Gasteiger partial charge in [-0.25, -0.2) is 4.39 Å². The molecule has 1 nitrogen and oxygen atoms in total. The second kappa shape index (κ2) is 5.26. The van der Waals surface area contributed by atoms with Crippen LogP contribution in [-0.2, 0) is 6.42 Å². The van der Waals surface area contributed by atoms with Crippen LogP contribution in [0.15, 0.2) is 24.3 Å².